The Labute approximate surface area is 103 Å². The van der Waals surface area contributed by atoms with E-state index in [1.54, 1.807) is 11.3 Å². The van der Waals surface area contributed by atoms with Crippen LogP contribution < -0.4 is 0 Å². The van der Waals surface area contributed by atoms with Gasteiger partial charge in [0.25, 0.3) is 0 Å². The number of hydrogen-bond donors (Lipinski definition) is 0. The maximum atomic E-state index is 5.71. The predicted molar refractivity (Wildman–Crippen MR) is 65.2 cm³/mol. The van der Waals surface area contributed by atoms with Crippen molar-refractivity contribution < 1.29 is 9.47 Å². The van der Waals surface area contributed by atoms with Crippen molar-refractivity contribution in [2.75, 3.05) is 19.8 Å². The SMILES string of the molecule is Brc1ccc(COCC2CCOCC2)s1. The van der Waals surface area contributed by atoms with Crippen LogP contribution in [0.3, 0.4) is 0 Å². The number of rotatable bonds is 4. The van der Waals surface area contributed by atoms with E-state index in [1.165, 1.54) is 8.66 Å². The Hall–Kier alpha value is 0.1000. The molecule has 84 valence electrons. The summed E-state index contributed by atoms with van der Waals surface area (Å²) >= 11 is 5.19. The van der Waals surface area contributed by atoms with Crippen molar-refractivity contribution in [1.82, 2.24) is 0 Å². The average molecular weight is 291 g/mol. The molecule has 0 aliphatic carbocycles. The maximum absolute atomic E-state index is 5.71. The number of hydrogen-bond acceptors (Lipinski definition) is 3. The van der Waals surface area contributed by atoms with Gasteiger partial charge in [0.15, 0.2) is 0 Å². The molecule has 2 rings (SSSR count). The summed E-state index contributed by atoms with van der Waals surface area (Å²) in [6, 6.07) is 4.18. The summed E-state index contributed by atoms with van der Waals surface area (Å²) in [6.07, 6.45) is 2.29. The molecule has 1 aliphatic heterocycles. The van der Waals surface area contributed by atoms with Crippen LogP contribution in [0.25, 0.3) is 0 Å². The minimum Gasteiger partial charge on any atom is -0.381 e. The van der Waals surface area contributed by atoms with E-state index in [-0.39, 0.29) is 0 Å². The zero-order chi connectivity index (χ0) is 10.5. The molecular formula is C11H15BrO2S. The summed E-state index contributed by atoms with van der Waals surface area (Å²) < 4.78 is 12.2. The highest BCUT2D eigenvalue weighted by molar-refractivity contribution is 9.11. The van der Waals surface area contributed by atoms with Gasteiger partial charge in [-0.05, 0) is 46.8 Å². The highest BCUT2D eigenvalue weighted by Crippen LogP contribution is 2.23. The summed E-state index contributed by atoms with van der Waals surface area (Å²) in [6.45, 7) is 3.42. The molecule has 1 aliphatic rings. The third-order valence-electron chi connectivity index (χ3n) is 2.57. The first-order chi connectivity index (χ1) is 7.34. The van der Waals surface area contributed by atoms with Crippen molar-refractivity contribution in [3.63, 3.8) is 0 Å². The van der Waals surface area contributed by atoms with Crippen LogP contribution in [-0.2, 0) is 16.1 Å². The van der Waals surface area contributed by atoms with Crippen LogP contribution in [0.1, 0.15) is 17.7 Å². The summed E-state index contributed by atoms with van der Waals surface area (Å²) in [4.78, 5) is 1.29. The Kier molecular flexibility index (Phi) is 4.62. The van der Waals surface area contributed by atoms with Crippen LogP contribution in [0.2, 0.25) is 0 Å². The van der Waals surface area contributed by atoms with Crippen LogP contribution in [-0.4, -0.2) is 19.8 Å². The Morgan fingerprint density at radius 2 is 2.20 bits per heavy atom. The minimum absolute atomic E-state index is 0.696. The first-order valence-electron chi connectivity index (χ1n) is 5.24. The van der Waals surface area contributed by atoms with Gasteiger partial charge in [0.2, 0.25) is 0 Å². The van der Waals surface area contributed by atoms with Gasteiger partial charge in [0.05, 0.1) is 17.0 Å². The standard InChI is InChI=1S/C11H15BrO2S/c12-11-2-1-10(15-11)8-14-7-9-3-5-13-6-4-9/h1-2,9H,3-8H2. The van der Waals surface area contributed by atoms with Crippen LogP contribution >= 0.6 is 27.3 Å². The molecule has 2 heterocycles. The molecule has 0 N–H and O–H groups in total. The molecule has 4 heteroatoms. The third kappa shape index (κ3) is 3.87. The fraction of sp³-hybridized carbons (Fsp3) is 0.636. The Morgan fingerprint density at radius 1 is 1.40 bits per heavy atom. The van der Waals surface area contributed by atoms with E-state index in [0.29, 0.717) is 5.92 Å². The second-order valence-electron chi connectivity index (χ2n) is 3.78. The van der Waals surface area contributed by atoms with Crippen molar-refractivity contribution in [2.45, 2.75) is 19.4 Å². The van der Waals surface area contributed by atoms with E-state index in [9.17, 15) is 0 Å². The van der Waals surface area contributed by atoms with E-state index in [1.807, 2.05) is 0 Å². The van der Waals surface area contributed by atoms with E-state index in [2.05, 4.69) is 28.1 Å². The molecular weight excluding hydrogens is 276 g/mol. The normalized spacial score (nSPS) is 18.2. The van der Waals surface area contributed by atoms with Gasteiger partial charge in [-0.15, -0.1) is 11.3 Å². The molecule has 0 unspecified atom stereocenters. The van der Waals surface area contributed by atoms with Crippen molar-refractivity contribution in [3.05, 3.63) is 20.8 Å². The fourth-order valence-electron chi connectivity index (χ4n) is 1.67. The topological polar surface area (TPSA) is 18.5 Å². The fourth-order valence-corrected chi connectivity index (χ4v) is 3.09. The van der Waals surface area contributed by atoms with E-state index in [0.717, 1.165) is 39.3 Å². The molecule has 1 saturated heterocycles. The van der Waals surface area contributed by atoms with Crippen molar-refractivity contribution in [1.29, 1.82) is 0 Å². The first kappa shape index (κ1) is 11.6. The zero-order valence-electron chi connectivity index (χ0n) is 8.58. The van der Waals surface area contributed by atoms with Gasteiger partial charge in [0.1, 0.15) is 0 Å². The number of halogens is 1. The molecule has 15 heavy (non-hydrogen) atoms. The monoisotopic (exact) mass is 290 g/mol. The molecule has 0 saturated carbocycles. The Morgan fingerprint density at radius 3 is 2.87 bits per heavy atom. The van der Waals surface area contributed by atoms with Gasteiger partial charge in [-0.1, -0.05) is 0 Å². The van der Waals surface area contributed by atoms with Crippen molar-refractivity contribution in [3.8, 4) is 0 Å². The van der Waals surface area contributed by atoms with E-state index < -0.39 is 0 Å². The van der Waals surface area contributed by atoms with Gasteiger partial charge in [0, 0.05) is 18.1 Å². The van der Waals surface area contributed by atoms with E-state index >= 15 is 0 Å². The van der Waals surface area contributed by atoms with Crippen molar-refractivity contribution in [2.24, 2.45) is 5.92 Å². The van der Waals surface area contributed by atoms with Gasteiger partial charge in [-0.25, -0.2) is 0 Å². The molecule has 1 aromatic heterocycles. The second-order valence-corrected chi connectivity index (χ2v) is 6.32. The molecule has 0 atom stereocenters. The van der Waals surface area contributed by atoms with Gasteiger partial charge in [-0.2, -0.15) is 0 Å². The largest absolute Gasteiger partial charge is 0.381 e. The van der Waals surface area contributed by atoms with Crippen molar-refractivity contribution >= 4 is 27.3 Å². The number of ether oxygens (including phenoxy) is 2. The summed E-state index contributed by atoms with van der Waals surface area (Å²) in [5, 5.41) is 0. The van der Waals surface area contributed by atoms with E-state index in [4.69, 9.17) is 9.47 Å². The average Bonchev–Trinajstić information content (AvgIpc) is 2.66. The minimum atomic E-state index is 0.696. The number of thiophene rings is 1. The smallest absolute Gasteiger partial charge is 0.0809 e. The molecule has 0 spiro atoms. The lowest BCUT2D eigenvalue weighted by molar-refractivity contribution is 0.0163. The molecule has 1 fully saturated rings. The molecule has 0 amide bonds. The van der Waals surface area contributed by atoms with Gasteiger partial charge in [-0.3, -0.25) is 0 Å². The lowest BCUT2D eigenvalue weighted by atomic mass is 10.0. The first-order valence-corrected chi connectivity index (χ1v) is 6.85. The highest BCUT2D eigenvalue weighted by atomic mass is 79.9. The maximum Gasteiger partial charge on any atom is 0.0809 e. The lowest BCUT2D eigenvalue weighted by Gasteiger charge is -2.21. The van der Waals surface area contributed by atoms with Crippen LogP contribution in [0.15, 0.2) is 15.9 Å². The Balaban J connectivity index is 1.65. The highest BCUT2D eigenvalue weighted by Gasteiger charge is 2.13. The van der Waals surface area contributed by atoms with Gasteiger partial charge < -0.3 is 9.47 Å². The zero-order valence-corrected chi connectivity index (χ0v) is 11.0. The summed E-state index contributed by atoms with van der Waals surface area (Å²) in [5.41, 5.74) is 0. The molecule has 2 nitrogen and oxygen atoms in total. The van der Waals surface area contributed by atoms with Gasteiger partial charge >= 0.3 is 0 Å². The van der Waals surface area contributed by atoms with Crippen LogP contribution in [0.4, 0.5) is 0 Å². The quantitative estimate of drug-likeness (QED) is 0.846. The molecule has 0 bridgehead atoms. The second kappa shape index (κ2) is 5.99. The summed E-state index contributed by atoms with van der Waals surface area (Å²) in [5.74, 6) is 0.696. The van der Waals surface area contributed by atoms with Crippen LogP contribution in [0, 0.1) is 5.92 Å². The molecule has 0 radical (unpaired) electrons. The summed E-state index contributed by atoms with van der Waals surface area (Å²) in [7, 11) is 0. The van der Waals surface area contributed by atoms with Crippen LogP contribution in [0.5, 0.6) is 0 Å². The predicted octanol–water partition coefficient (Wildman–Crippen LogP) is 3.45. The molecule has 1 aromatic rings. The lowest BCUT2D eigenvalue weighted by Crippen LogP contribution is -2.19. The Bertz CT molecular complexity index is 295. The third-order valence-corrected chi connectivity index (χ3v) is 4.16. The molecule has 0 aromatic carbocycles.